The van der Waals surface area contributed by atoms with Crippen LogP contribution in [0.15, 0.2) is 71.9 Å². The first-order chi connectivity index (χ1) is 8.33. The Kier molecular flexibility index (Phi) is 3.36. The number of hydrogen-bond donors (Lipinski definition) is 1. The van der Waals surface area contributed by atoms with E-state index >= 15 is 0 Å². The van der Waals surface area contributed by atoms with Gasteiger partial charge in [-0.15, -0.1) is 0 Å². The summed E-state index contributed by atoms with van der Waals surface area (Å²) in [6.07, 6.45) is 3.81. The topological polar surface area (TPSA) is 32.6 Å². The maximum absolute atomic E-state index is 9.06. The summed E-state index contributed by atoms with van der Waals surface area (Å²) in [6.45, 7) is 3.85. The monoisotopic (exact) mass is 223 g/mol. The second-order valence-electron chi connectivity index (χ2n) is 3.66. The van der Waals surface area contributed by atoms with Crippen LogP contribution < -0.4 is 0 Å². The number of fused-ring (bicyclic) bond motifs is 1. The summed E-state index contributed by atoms with van der Waals surface area (Å²) >= 11 is 0. The Morgan fingerprint density at radius 1 is 0.882 bits per heavy atom. The number of rotatable bonds is 0. The first-order valence-corrected chi connectivity index (χ1v) is 5.35. The van der Waals surface area contributed by atoms with Gasteiger partial charge in [-0.25, -0.2) is 0 Å². The Labute approximate surface area is 101 Å². The quantitative estimate of drug-likeness (QED) is 0.529. The second kappa shape index (κ2) is 5.12. The first kappa shape index (κ1) is 11.1. The van der Waals surface area contributed by atoms with Crippen molar-refractivity contribution < 1.29 is 5.21 Å². The molecule has 0 saturated carbocycles. The molecule has 0 unspecified atom stereocenters. The SMILES string of the molecule is C=C1C=Cc2ccccccccc2C1=NO. The molecule has 1 aromatic rings. The fraction of sp³-hybridized carbons (Fsp3) is 0. The van der Waals surface area contributed by atoms with Crippen LogP contribution in [0.4, 0.5) is 0 Å². The molecule has 1 aromatic carbocycles. The van der Waals surface area contributed by atoms with E-state index in [2.05, 4.69) is 11.7 Å². The zero-order chi connectivity index (χ0) is 12.1. The first-order valence-electron chi connectivity index (χ1n) is 5.35. The molecule has 0 radical (unpaired) electrons. The molecule has 0 amide bonds. The summed E-state index contributed by atoms with van der Waals surface area (Å²) in [7, 11) is 0. The van der Waals surface area contributed by atoms with E-state index in [0.717, 1.165) is 11.1 Å². The summed E-state index contributed by atoms with van der Waals surface area (Å²) < 4.78 is 0. The van der Waals surface area contributed by atoms with Crippen molar-refractivity contribution in [2.24, 2.45) is 5.16 Å². The average molecular weight is 223 g/mol. The molecule has 0 fully saturated rings. The second-order valence-corrected chi connectivity index (χ2v) is 3.66. The van der Waals surface area contributed by atoms with Crippen molar-refractivity contribution in [3.63, 3.8) is 0 Å². The van der Waals surface area contributed by atoms with Gasteiger partial charge in [-0.1, -0.05) is 72.4 Å². The third-order valence-electron chi connectivity index (χ3n) is 2.53. The van der Waals surface area contributed by atoms with Gasteiger partial charge in [0, 0.05) is 5.56 Å². The highest BCUT2D eigenvalue weighted by molar-refractivity contribution is 6.17. The fourth-order valence-electron chi connectivity index (χ4n) is 1.67. The van der Waals surface area contributed by atoms with Gasteiger partial charge < -0.3 is 5.21 Å². The van der Waals surface area contributed by atoms with Crippen molar-refractivity contribution in [1.29, 1.82) is 0 Å². The Hall–Kier alpha value is -2.35. The molecule has 0 spiro atoms. The van der Waals surface area contributed by atoms with E-state index in [1.165, 1.54) is 0 Å². The maximum Gasteiger partial charge on any atom is 0.117 e. The van der Waals surface area contributed by atoms with Crippen LogP contribution in [0.3, 0.4) is 0 Å². The van der Waals surface area contributed by atoms with Crippen molar-refractivity contribution in [2.45, 2.75) is 0 Å². The van der Waals surface area contributed by atoms with Crippen LogP contribution in [0.25, 0.3) is 6.08 Å². The van der Waals surface area contributed by atoms with E-state index in [9.17, 15) is 0 Å². The number of hydrogen-bond acceptors (Lipinski definition) is 2. The molecule has 1 aliphatic rings. The van der Waals surface area contributed by atoms with Crippen LogP contribution >= 0.6 is 0 Å². The van der Waals surface area contributed by atoms with Crippen LogP contribution in [0.5, 0.6) is 0 Å². The highest BCUT2D eigenvalue weighted by Crippen LogP contribution is 2.20. The molecule has 0 bridgehead atoms. The number of oxime groups is 1. The van der Waals surface area contributed by atoms with E-state index in [1.54, 1.807) is 0 Å². The third-order valence-corrected chi connectivity index (χ3v) is 2.53. The molecule has 1 N–H and O–H groups in total. The molecule has 0 saturated heterocycles. The summed E-state index contributed by atoms with van der Waals surface area (Å²) in [5, 5.41) is 12.4. The van der Waals surface area contributed by atoms with Crippen molar-refractivity contribution in [3.05, 3.63) is 77.9 Å². The lowest BCUT2D eigenvalue weighted by Crippen LogP contribution is -2.07. The van der Waals surface area contributed by atoms with Gasteiger partial charge in [0.2, 0.25) is 0 Å². The highest BCUT2D eigenvalue weighted by Gasteiger charge is 2.12. The van der Waals surface area contributed by atoms with E-state index in [4.69, 9.17) is 5.21 Å². The minimum atomic E-state index is 0.515. The lowest BCUT2D eigenvalue weighted by atomic mass is 9.94. The van der Waals surface area contributed by atoms with Crippen molar-refractivity contribution in [1.82, 2.24) is 0 Å². The van der Waals surface area contributed by atoms with Crippen LogP contribution in [0, 0.1) is 0 Å². The maximum atomic E-state index is 9.06. The zero-order valence-electron chi connectivity index (χ0n) is 9.38. The molecule has 17 heavy (non-hydrogen) atoms. The molecule has 0 aliphatic heterocycles. The molecule has 2 heteroatoms. The van der Waals surface area contributed by atoms with Crippen molar-refractivity contribution >= 4 is 11.8 Å². The van der Waals surface area contributed by atoms with Gasteiger partial charge in [0.1, 0.15) is 5.71 Å². The third kappa shape index (κ3) is 2.42. The Bertz CT molecular complexity index is 555. The summed E-state index contributed by atoms with van der Waals surface area (Å²) in [4.78, 5) is 0. The molecule has 0 heterocycles. The normalized spacial score (nSPS) is 15.3. The summed E-state index contributed by atoms with van der Waals surface area (Å²) in [6, 6.07) is 15.5. The lowest BCUT2D eigenvalue weighted by Gasteiger charge is -2.11. The molecule has 0 aromatic heterocycles. The Balaban J connectivity index is 2.72. The molecular formula is C15H13NO. The van der Waals surface area contributed by atoms with Crippen LogP contribution in [0.1, 0.15) is 11.1 Å². The molecule has 84 valence electrons. The van der Waals surface area contributed by atoms with Gasteiger partial charge in [0.25, 0.3) is 0 Å². The van der Waals surface area contributed by atoms with Crippen molar-refractivity contribution in [2.75, 3.05) is 0 Å². The zero-order valence-corrected chi connectivity index (χ0v) is 9.38. The van der Waals surface area contributed by atoms with Crippen molar-refractivity contribution in [3.8, 4) is 0 Å². The lowest BCUT2D eigenvalue weighted by molar-refractivity contribution is 0.319. The van der Waals surface area contributed by atoms with Gasteiger partial charge in [0.05, 0.1) is 0 Å². The minimum absolute atomic E-state index is 0.515. The molecule has 2 rings (SSSR count). The Morgan fingerprint density at radius 3 is 2.24 bits per heavy atom. The number of nitrogens with zero attached hydrogens (tertiary/aromatic N) is 1. The van der Waals surface area contributed by atoms with E-state index in [1.807, 2.05) is 60.7 Å². The summed E-state index contributed by atoms with van der Waals surface area (Å²) in [5.41, 5.74) is 3.10. The molecule has 1 aliphatic carbocycles. The molecular weight excluding hydrogens is 210 g/mol. The van der Waals surface area contributed by atoms with Crippen LogP contribution in [-0.4, -0.2) is 10.9 Å². The van der Waals surface area contributed by atoms with E-state index in [-0.39, 0.29) is 0 Å². The average Bonchev–Trinajstić information content (AvgIpc) is 2.35. The largest absolute Gasteiger partial charge is 0.410 e. The Morgan fingerprint density at radius 2 is 1.53 bits per heavy atom. The van der Waals surface area contributed by atoms with E-state index in [0.29, 0.717) is 11.3 Å². The summed E-state index contributed by atoms with van der Waals surface area (Å²) in [5.74, 6) is 0. The predicted molar refractivity (Wildman–Crippen MR) is 70.6 cm³/mol. The highest BCUT2D eigenvalue weighted by atomic mass is 16.4. The van der Waals surface area contributed by atoms with Gasteiger partial charge >= 0.3 is 0 Å². The molecule has 2 nitrogen and oxygen atoms in total. The smallest absolute Gasteiger partial charge is 0.117 e. The molecule has 0 atom stereocenters. The minimum Gasteiger partial charge on any atom is -0.410 e. The van der Waals surface area contributed by atoms with Crippen LogP contribution in [0.2, 0.25) is 0 Å². The van der Waals surface area contributed by atoms with Gasteiger partial charge in [-0.05, 0) is 11.1 Å². The fourth-order valence-corrected chi connectivity index (χ4v) is 1.67. The van der Waals surface area contributed by atoms with Gasteiger partial charge in [-0.2, -0.15) is 0 Å². The standard InChI is InChI=1S/C15H13NO/c1-12-10-11-13-8-6-4-2-3-5-7-9-14(13)15(12)16-17/h2-11,17H,1H2. The van der Waals surface area contributed by atoms with Gasteiger partial charge in [0.15, 0.2) is 0 Å². The van der Waals surface area contributed by atoms with Crippen LogP contribution in [-0.2, 0) is 0 Å². The van der Waals surface area contributed by atoms with Gasteiger partial charge in [-0.3, -0.25) is 0 Å². The predicted octanol–water partition coefficient (Wildman–Crippen LogP) is 3.57. The number of allylic oxidation sites excluding steroid dienone is 2. The van der Waals surface area contributed by atoms with E-state index < -0.39 is 0 Å².